The standard InChI is InChI=1S/C20H22N2O4S/c1-22(2)27(23,24)14-10-8-13(9-11-14)19-15-6-5-7-17(21)16(15)12-18(25-3)20(19)26-4/h5-12H,21H2,1-4H3. The zero-order valence-electron chi connectivity index (χ0n) is 15.7. The molecule has 0 aliphatic carbocycles. The molecule has 0 aliphatic heterocycles. The summed E-state index contributed by atoms with van der Waals surface area (Å²) in [7, 11) is 2.66. The van der Waals surface area contributed by atoms with Crippen molar-refractivity contribution in [3.05, 3.63) is 48.5 Å². The van der Waals surface area contributed by atoms with E-state index >= 15 is 0 Å². The molecule has 27 heavy (non-hydrogen) atoms. The van der Waals surface area contributed by atoms with E-state index in [9.17, 15) is 8.42 Å². The van der Waals surface area contributed by atoms with Gasteiger partial charge >= 0.3 is 0 Å². The average molecular weight is 386 g/mol. The van der Waals surface area contributed by atoms with E-state index in [1.807, 2.05) is 24.3 Å². The van der Waals surface area contributed by atoms with Crippen molar-refractivity contribution in [2.24, 2.45) is 0 Å². The molecule has 7 heteroatoms. The van der Waals surface area contributed by atoms with Crippen LogP contribution >= 0.6 is 0 Å². The Morgan fingerprint density at radius 2 is 1.59 bits per heavy atom. The maximum absolute atomic E-state index is 12.3. The molecule has 0 atom stereocenters. The minimum absolute atomic E-state index is 0.224. The van der Waals surface area contributed by atoms with Gasteiger partial charge in [0.15, 0.2) is 11.5 Å². The molecule has 2 N–H and O–H groups in total. The van der Waals surface area contributed by atoms with Gasteiger partial charge < -0.3 is 15.2 Å². The molecule has 0 amide bonds. The summed E-state index contributed by atoms with van der Waals surface area (Å²) in [5.41, 5.74) is 8.38. The van der Waals surface area contributed by atoms with Crippen LogP contribution in [0.2, 0.25) is 0 Å². The van der Waals surface area contributed by atoms with Gasteiger partial charge in [-0.05, 0) is 35.2 Å². The SMILES string of the molecule is COc1cc2c(N)cccc2c(-c2ccc(S(=O)(=O)N(C)C)cc2)c1OC. The largest absolute Gasteiger partial charge is 0.493 e. The molecule has 0 radical (unpaired) electrons. The van der Waals surface area contributed by atoms with Crippen LogP contribution in [0.5, 0.6) is 11.5 Å². The lowest BCUT2D eigenvalue weighted by Gasteiger charge is -2.18. The molecule has 142 valence electrons. The number of sulfonamides is 1. The van der Waals surface area contributed by atoms with Crippen molar-refractivity contribution >= 4 is 26.5 Å². The van der Waals surface area contributed by atoms with Crippen LogP contribution in [-0.2, 0) is 10.0 Å². The Labute approximate surface area is 159 Å². The zero-order chi connectivity index (χ0) is 19.8. The van der Waals surface area contributed by atoms with Crippen LogP contribution in [0.15, 0.2) is 53.4 Å². The van der Waals surface area contributed by atoms with Gasteiger partial charge in [-0.25, -0.2) is 12.7 Å². The van der Waals surface area contributed by atoms with Gasteiger partial charge in [0.25, 0.3) is 0 Å². The van der Waals surface area contributed by atoms with Gasteiger partial charge in [-0.3, -0.25) is 0 Å². The molecule has 0 bridgehead atoms. The quantitative estimate of drug-likeness (QED) is 0.680. The maximum Gasteiger partial charge on any atom is 0.242 e. The monoisotopic (exact) mass is 386 g/mol. The van der Waals surface area contributed by atoms with Crippen LogP contribution in [0.3, 0.4) is 0 Å². The van der Waals surface area contributed by atoms with Gasteiger partial charge in [0.05, 0.1) is 19.1 Å². The topological polar surface area (TPSA) is 81.9 Å². The molecule has 3 rings (SSSR count). The predicted octanol–water partition coefficient (Wildman–Crippen LogP) is 3.36. The summed E-state index contributed by atoms with van der Waals surface area (Å²) in [6.45, 7) is 0. The van der Waals surface area contributed by atoms with Crippen molar-refractivity contribution in [1.82, 2.24) is 4.31 Å². The van der Waals surface area contributed by atoms with Crippen LogP contribution in [-0.4, -0.2) is 41.0 Å². The van der Waals surface area contributed by atoms with Gasteiger partial charge in [0.2, 0.25) is 10.0 Å². The molecule has 0 fully saturated rings. The first-order valence-electron chi connectivity index (χ1n) is 8.27. The van der Waals surface area contributed by atoms with Crippen molar-refractivity contribution in [1.29, 1.82) is 0 Å². The maximum atomic E-state index is 12.3. The fourth-order valence-corrected chi connectivity index (χ4v) is 3.95. The summed E-state index contributed by atoms with van der Waals surface area (Å²) in [6, 6.07) is 14.2. The molecule has 0 saturated heterocycles. The Hall–Kier alpha value is -2.77. The number of fused-ring (bicyclic) bond motifs is 1. The van der Waals surface area contributed by atoms with E-state index in [0.29, 0.717) is 17.2 Å². The number of methoxy groups -OCH3 is 2. The van der Waals surface area contributed by atoms with Crippen molar-refractivity contribution in [2.45, 2.75) is 4.90 Å². The fraction of sp³-hybridized carbons (Fsp3) is 0.200. The molecule has 6 nitrogen and oxygen atoms in total. The predicted molar refractivity (Wildman–Crippen MR) is 108 cm³/mol. The van der Waals surface area contributed by atoms with Crippen molar-refractivity contribution in [2.75, 3.05) is 34.0 Å². The van der Waals surface area contributed by atoms with Crippen molar-refractivity contribution < 1.29 is 17.9 Å². The molecule has 0 heterocycles. The molecule has 3 aromatic rings. The molecule has 0 saturated carbocycles. The van der Waals surface area contributed by atoms with Crippen LogP contribution in [0.25, 0.3) is 21.9 Å². The Bertz CT molecular complexity index is 1090. The number of rotatable bonds is 5. The number of anilines is 1. The van der Waals surface area contributed by atoms with Gasteiger partial charge in [0, 0.05) is 30.7 Å². The lowest BCUT2D eigenvalue weighted by molar-refractivity contribution is 0.357. The third kappa shape index (κ3) is 3.20. The van der Waals surface area contributed by atoms with Crippen molar-refractivity contribution in [3.8, 4) is 22.6 Å². The summed E-state index contributed by atoms with van der Waals surface area (Å²) in [5.74, 6) is 1.13. The summed E-state index contributed by atoms with van der Waals surface area (Å²) in [5, 5.41) is 1.74. The van der Waals surface area contributed by atoms with E-state index in [2.05, 4.69) is 0 Å². The number of hydrogen-bond acceptors (Lipinski definition) is 5. The van der Waals surface area contributed by atoms with Gasteiger partial charge in [-0.15, -0.1) is 0 Å². The first kappa shape index (κ1) is 19.0. The second-order valence-electron chi connectivity index (χ2n) is 6.24. The minimum Gasteiger partial charge on any atom is -0.493 e. The Morgan fingerprint density at radius 1 is 0.926 bits per heavy atom. The third-order valence-electron chi connectivity index (χ3n) is 4.48. The van der Waals surface area contributed by atoms with E-state index in [4.69, 9.17) is 15.2 Å². The molecule has 0 unspecified atom stereocenters. The highest BCUT2D eigenvalue weighted by molar-refractivity contribution is 7.89. The van der Waals surface area contributed by atoms with Gasteiger partial charge in [-0.1, -0.05) is 24.3 Å². The molecule has 0 spiro atoms. The fourth-order valence-electron chi connectivity index (χ4n) is 3.05. The number of ether oxygens (including phenoxy) is 2. The van der Waals surface area contributed by atoms with E-state index < -0.39 is 10.0 Å². The first-order chi connectivity index (χ1) is 12.8. The van der Waals surface area contributed by atoms with Crippen LogP contribution in [0, 0.1) is 0 Å². The number of hydrogen-bond donors (Lipinski definition) is 1. The number of benzene rings is 3. The number of nitrogens with zero attached hydrogens (tertiary/aromatic N) is 1. The van der Waals surface area contributed by atoms with Crippen LogP contribution in [0.4, 0.5) is 5.69 Å². The Morgan fingerprint density at radius 3 is 2.15 bits per heavy atom. The Balaban J connectivity index is 2.29. The second-order valence-corrected chi connectivity index (χ2v) is 8.39. The second kappa shape index (κ2) is 7.09. The summed E-state index contributed by atoms with van der Waals surface area (Å²) >= 11 is 0. The van der Waals surface area contributed by atoms with Crippen molar-refractivity contribution in [3.63, 3.8) is 0 Å². The van der Waals surface area contributed by atoms with Crippen LogP contribution < -0.4 is 15.2 Å². The Kier molecular flexibility index (Phi) is 4.99. The normalized spacial score (nSPS) is 11.7. The van der Waals surface area contributed by atoms with Gasteiger partial charge in [0.1, 0.15) is 0 Å². The minimum atomic E-state index is -3.50. The van der Waals surface area contributed by atoms with E-state index in [-0.39, 0.29) is 4.90 Å². The molecule has 3 aromatic carbocycles. The zero-order valence-corrected chi connectivity index (χ0v) is 16.5. The first-order valence-corrected chi connectivity index (χ1v) is 9.71. The highest BCUT2D eigenvalue weighted by atomic mass is 32.2. The number of nitrogens with two attached hydrogens (primary N) is 1. The van der Waals surface area contributed by atoms with Crippen LogP contribution in [0.1, 0.15) is 0 Å². The summed E-state index contributed by atoms with van der Waals surface area (Å²) in [4.78, 5) is 0.224. The van der Waals surface area contributed by atoms with E-state index in [1.165, 1.54) is 18.4 Å². The molecule has 0 aromatic heterocycles. The lowest BCUT2D eigenvalue weighted by Crippen LogP contribution is -2.22. The molecular weight excluding hydrogens is 364 g/mol. The third-order valence-corrected chi connectivity index (χ3v) is 6.31. The summed E-state index contributed by atoms with van der Waals surface area (Å²) in [6.07, 6.45) is 0. The molecule has 0 aliphatic rings. The molecular formula is C20H22N2O4S. The average Bonchev–Trinajstić information content (AvgIpc) is 2.66. The smallest absolute Gasteiger partial charge is 0.242 e. The van der Waals surface area contributed by atoms with E-state index in [1.54, 1.807) is 38.5 Å². The van der Waals surface area contributed by atoms with E-state index in [0.717, 1.165) is 21.9 Å². The van der Waals surface area contributed by atoms with Gasteiger partial charge in [-0.2, -0.15) is 0 Å². The highest BCUT2D eigenvalue weighted by Gasteiger charge is 2.20. The lowest BCUT2D eigenvalue weighted by atomic mass is 9.95. The summed E-state index contributed by atoms with van der Waals surface area (Å²) < 4.78 is 36.9. The number of nitrogen functional groups attached to an aromatic ring is 1. The highest BCUT2D eigenvalue weighted by Crippen LogP contribution is 2.45.